The van der Waals surface area contributed by atoms with Gasteiger partial charge >= 0.3 is 23.9 Å². The number of rotatable bonds is 0. The molecule has 0 aliphatic carbocycles. The summed E-state index contributed by atoms with van der Waals surface area (Å²) >= 11 is 14.9. The molecule has 4 nitrogen and oxygen atoms in total. The van der Waals surface area contributed by atoms with Crippen LogP contribution in [0.15, 0.2) is 0 Å². The first-order valence-electron chi connectivity index (χ1n) is 1.89. The molecule has 9 heteroatoms. The Balaban J connectivity index is -0.0000000213. The summed E-state index contributed by atoms with van der Waals surface area (Å²) in [6.07, 6.45) is 0. The minimum Gasteiger partial charge on any atom is -0.746 e. The molecule has 0 aromatic carbocycles. The fourth-order valence-electron chi connectivity index (χ4n) is 0. The van der Waals surface area contributed by atoms with Gasteiger partial charge in [0.2, 0.25) is 0 Å². The zero-order valence-corrected chi connectivity index (χ0v) is 12.2. The van der Waals surface area contributed by atoms with E-state index in [0.717, 1.165) is 0 Å². The van der Waals surface area contributed by atoms with Crippen molar-refractivity contribution in [3.63, 3.8) is 0 Å². The van der Waals surface area contributed by atoms with Crippen molar-refractivity contribution in [1.29, 1.82) is 0 Å². The Labute approximate surface area is 115 Å². The fourth-order valence-corrected chi connectivity index (χ4v) is 0. The van der Waals surface area contributed by atoms with Gasteiger partial charge in [0.25, 0.3) is 0 Å². The van der Waals surface area contributed by atoms with Crippen LogP contribution < -0.4 is 0 Å². The zero-order valence-electron chi connectivity index (χ0n) is 6.08. The van der Waals surface area contributed by atoms with Crippen molar-refractivity contribution in [3.8, 4) is 0 Å². The molecule has 0 saturated carbocycles. The minimum atomic E-state index is 0. The van der Waals surface area contributed by atoms with E-state index in [0.29, 0.717) is 22.5 Å². The third-order valence-electron chi connectivity index (χ3n) is 0. The summed E-state index contributed by atoms with van der Waals surface area (Å²) < 4.78 is 0. The van der Waals surface area contributed by atoms with Crippen molar-refractivity contribution in [1.82, 2.24) is 0 Å². The number of carbonyl (C=O) groups is 4. The standard InChI is InChI=1S/4CH2OS.Sn/c4*2-1-3;/h4*1H,(H,2,3);/q;;;;+4/p-4. The molecule has 0 atom stereocenters. The topological polar surface area (TPSA) is 68.3 Å². The molecule has 0 N–H and O–H groups in total. The van der Waals surface area contributed by atoms with Gasteiger partial charge in [0.1, 0.15) is 0 Å². The first kappa shape index (κ1) is 29.2. The summed E-state index contributed by atoms with van der Waals surface area (Å²) in [6, 6.07) is 0. The first-order valence-corrected chi connectivity index (χ1v) is 3.77. The molecule has 0 aromatic heterocycles. The molecule has 0 aromatic rings. The van der Waals surface area contributed by atoms with Gasteiger partial charge in [0, 0.05) is 0 Å². The molecule has 72 valence electrons. The van der Waals surface area contributed by atoms with Gasteiger partial charge in [0.15, 0.2) is 0 Å². The number of hydrogen-bond acceptors (Lipinski definition) is 8. The quantitative estimate of drug-likeness (QED) is 0.293. The van der Waals surface area contributed by atoms with E-state index in [1.54, 1.807) is 0 Å². The van der Waals surface area contributed by atoms with Gasteiger partial charge in [-0.2, -0.15) is 0 Å². The Hall–Kier alpha value is 0.359. The van der Waals surface area contributed by atoms with Crippen LogP contribution in [0.4, 0.5) is 0 Å². The van der Waals surface area contributed by atoms with Crippen LogP contribution in [0.5, 0.6) is 0 Å². The van der Waals surface area contributed by atoms with Gasteiger partial charge in [-0.15, -0.1) is 0 Å². The van der Waals surface area contributed by atoms with Crippen LogP contribution in [0.1, 0.15) is 0 Å². The van der Waals surface area contributed by atoms with Gasteiger partial charge in [-0.3, -0.25) is 0 Å². The maximum atomic E-state index is 8.62. The third-order valence-corrected chi connectivity index (χ3v) is 0. The second-order valence-electron chi connectivity index (χ2n) is 0.385. The first-order chi connectivity index (χ1) is 5.66. The van der Waals surface area contributed by atoms with E-state index >= 15 is 0 Å². The second-order valence-corrected chi connectivity index (χ2v) is 1.15. The second kappa shape index (κ2) is 83.9. The normalized spacial score (nSPS) is 3.69. The van der Waals surface area contributed by atoms with E-state index in [9.17, 15) is 0 Å². The van der Waals surface area contributed by atoms with E-state index in [-0.39, 0.29) is 23.9 Å². The summed E-state index contributed by atoms with van der Waals surface area (Å²) in [5.41, 5.74) is 1.33. The summed E-state index contributed by atoms with van der Waals surface area (Å²) in [7, 11) is 0. The van der Waals surface area contributed by atoms with Crippen LogP contribution >= 0.6 is 0 Å². The summed E-state index contributed by atoms with van der Waals surface area (Å²) in [4.78, 5) is 34.5. The maximum Gasteiger partial charge on any atom is 4.00 e. The predicted molar refractivity (Wildman–Crippen MR) is 62.2 cm³/mol. The molecule has 0 heterocycles. The zero-order chi connectivity index (χ0) is 10.8. The average Bonchev–Trinajstić information content (AvgIpc) is 1.92. The van der Waals surface area contributed by atoms with E-state index in [1.807, 2.05) is 0 Å². The Bertz CT molecular complexity index is 78.1. The van der Waals surface area contributed by atoms with Gasteiger partial charge in [-0.05, 0) is 22.5 Å². The largest absolute Gasteiger partial charge is 4.00 e. The van der Waals surface area contributed by atoms with Crippen LogP contribution in [-0.2, 0) is 69.7 Å². The molecule has 0 saturated heterocycles. The van der Waals surface area contributed by atoms with Crippen LogP contribution in [0.3, 0.4) is 0 Å². The molecule has 0 unspecified atom stereocenters. The van der Waals surface area contributed by atoms with Crippen molar-refractivity contribution in [3.05, 3.63) is 0 Å². The molecular formula is C4H4O4S4Sn. The van der Waals surface area contributed by atoms with Crippen molar-refractivity contribution in [2.24, 2.45) is 0 Å². The monoisotopic (exact) mass is 364 g/mol. The number of hydrogen-bond donors (Lipinski definition) is 0. The molecule has 13 heavy (non-hydrogen) atoms. The van der Waals surface area contributed by atoms with E-state index in [4.69, 9.17) is 19.2 Å². The Morgan fingerprint density at radius 1 is 0.538 bits per heavy atom. The summed E-state index contributed by atoms with van der Waals surface area (Å²) in [6.45, 7) is 0. The Kier molecular flexibility index (Phi) is 189. The minimum absolute atomic E-state index is 0. The fraction of sp³-hybridized carbons (Fsp3) is 0. The molecule has 0 spiro atoms. The Morgan fingerprint density at radius 2 is 0.538 bits per heavy atom. The molecular weight excluding hydrogens is 359 g/mol. The van der Waals surface area contributed by atoms with Gasteiger partial charge in [-0.25, -0.2) is 0 Å². The van der Waals surface area contributed by atoms with Gasteiger partial charge in [-0.1, -0.05) is 0 Å². The van der Waals surface area contributed by atoms with Crippen LogP contribution in [0.25, 0.3) is 0 Å². The summed E-state index contributed by atoms with van der Waals surface area (Å²) in [5.74, 6) is 0. The Morgan fingerprint density at radius 3 is 0.538 bits per heavy atom. The molecule has 0 bridgehead atoms. The molecule has 0 rings (SSSR count). The van der Waals surface area contributed by atoms with Gasteiger partial charge < -0.3 is 69.7 Å². The van der Waals surface area contributed by atoms with E-state index in [1.165, 1.54) is 0 Å². The van der Waals surface area contributed by atoms with Crippen LogP contribution in [0, 0.1) is 0 Å². The number of carbonyl (C=O) groups excluding carboxylic acids is 4. The SMILES string of the molecule is O=C[S-].O=C[S-].O=C[S-].O=C[S-].[Sn+4]. The van der Waals surface area contributed by atoms with Crippen LogP contribution in [-0.4, -0.2) is 46.4 Å². The molecule has 0 aliphatic heterocycles. The summed E-state index contributed by atoms with van der Waals surface area (Å²) in [5, 5.41) is 0. The molecule has 0 amide bonds. The van der Waals surface area contributed by atoms with E-state index in [2.05, 4.69) is 50.5 Å². The molecule has 0 radical (unpaired) electrons. The van der Waals surface area contributed by atoms with Crippen molar-refractivity contribution in [2.45, 2.75) is 0 Å². The van der Waals surface area contributed by atoms with Crippen molar-refractivity contribution < 1.29 is 19.2 Å². The average molecular weight is 363 g/mol. The third kappa shape index (κ3) is 10300. The maximum absolute atomic E-state index is 8.62. The smallest absolute Gasteiger partial charge is 0.746 e. The van der Waals surface area contributed by atoms with Crippen molar-refractivity contribution >= 4 is 96.9 Å². The van der Waals surface area contributed by atoms with Gasteiger partial charge in [0.05, 0.1) is 0 Å². The van der Waals surface area contributed by atoms with Crippen LogP contribution in [0.2, 0.25) is 0 Å². The molecule has 0 aliphatic rings. The van der Waals surface area contributed by atoms with E-state index < -0.39 is 0 Å². The van der Waals surface area contributed by atoms with Crippen molar-refractivity contribution in [2.75, 3.05) is 0 Å². The molecule has 0 fully saturated rings. The predicted octanol–water partition coefficient (Wildman–Crippen LogP) is -1.49.